The zero-order valence-electron chi connectivity index (χ0n) is 13.0. The lowest BCUT2D eigenvalue weighted by atomic mass is 10.1. The third-order valence-electron chi connectivity index (χ3n) is 3.83. The maximum atomic E-state index is 2.55. The van der Waals surface area contributed by atoms with Crippen molar-refractivity contribution >= 4 is 13.3 Å². The minimum absolute atomic E-state index is 0.673. The van der Waals surface area contributed by atoms with Gasteiger partial charge in [-0.3, -0.25) is 4.90 Å². The van der Waals surface area contributed by atoms with E-state index in [0.29, 0.717) is 6.04 Å². The Balaban J connectivity index is 2.74. The molecule has 0 bridgehead atoms. The fourth-order valence-electron chi connectivity index (χ4n) is 2.18. The van der Waals surface area contributed by atoms with Crippen molar-refractivity contribution in [3.8, 4) is 0 Å². The Kier molecular flexibility index (Phi) is 5.61. The average molecular weight is 264 g/mol. The summed E-state index contributed by atoms with van der Waals surface area (Å²) in [6, 6.07) is 9.99. The van der Waals surface area contributed by atoms with Crippen LogP contribution < -0.4 is 5.19 Å². The first kappa shape index (κ1) is 15.5. The van der Waals surface area contributed by atoms with Gasteiger partial charge >= 0.3 is 0 Å². The van der Waals surface area contributed by atoms with Crippen LogP contribution in [0.3, 0.4) is 0 Å². The van der Waals surface area contributed by atoms with E-state index in [0.717, 1.165) is 13.1 Å². The van der Waals surface area contributed by atoms with Gasteiger partial charge in [-0.05, 0) is 25.5 Å². The summed E-state index contributed by atoms with van der Waals surface area (Å²) in [6.07, 6.45) is 1.22. The zero-order valence-corrected chi connectivity index (χ0v) is 14.0. The molecule has 0 fully saturated rings. The summed E-state index contributed by atoms with van der Waals surface area (Å²) in [4.78, 5) is 2.55. The number of nitrogens with zero attached hydrogens (tertiary/aromatic N) is 1. The van der Waals surface area contributed by atoms with Crippen molar-refractivity contribution in [1.82, 2.24) is 4.90 Å². The van der Waals surface area contributed by atoms with Crippen LogP contribution in [0.2, 0.25) is 19.6 Å². The van der Waals surface area contributed by atoms with Crippen LogP contribution in [0.5, 0.6) is 0 Å². The average Bonchev–Trinajstić information content (AvgIpc) is 2.34. The van der Waals surface area contributed by atoms with Crippen LogP contribution >= 0.6 is 0 Å². The highest BCUT2D eigenvalue weighted by Crippen LogP contribution is 2.11. The second kappa shape index (κ2) is 6.53. The Labute approximate surface area is 114 Å². The Hall–Kier alpha value is -0.603. The van der Waals surface area contributed by atoms with Crippen LogP contribution in [0, 0.1) is 0 Å². The molecule has 0 spiro atoms. The Morgan fingerprint density at radius 2 is 1.61 bits per heavy atom. The molecule has 0 aromatic heterocycles. The van der Waals surface area contributed by atoms with Crippen LogP contribution in [0.1, 0.15) is 32.8 Å². The summed E-state index contributed by atoms with van der Waals surface area (Å²) < 4.78 is 0. The summed E-state index contributed by atoms with van der Waals surface area (Å²) in [5.74, 6) is 0. The maximum absolute atomic E-state index is 2.55. The highest BCUT2D eigenvalue weighted by Gasteiger charge is 2.16. The highest BCUT2D eigenvalue weighted by atomic mass is 28.3. The second-order valence-electron chi connectivity index (χ2n) is 6.27. The molecule has 18 heavy (non-hydrogen) atoms. The van der Waals surface area contributed by atoms with Gasteiger partial charge < -0.3 is 0 Å². The first-order chi connectivity index (χ1) is 8.38. The minimum atomic E-state index is -1.15. The van der Waals surface area contributed by atoms with Gasteiger partial charge in [0.2, 0.25) is 0 Å². The van der Waals surface area contributed by atoms with E-state index in [-0.39, 0.29) is 0 Å². The fourth-order valence-corrected chi connectivity index (χ4v) is 3.35. The molecule has 1 aromatic carbocycles. The topological polar surface area (TPSA) is 3.24 Å². The van der Waals surface area contributed by atoms with Gasteiger partial charge in [0.25, 0.3) is 0 Å². The van der Waals surface area contributed by atoms with Gasteiger partial charge in [0.05, 0.1) is 8.07 Å². The maximum Gasteiger partial charge on any atom is 0.0775 e. The molecule has 1 unspecified atom stereocenters. The predicted molar refractivity (Wildman–Crippen MR) is 85.3 cm³/mol. The van der Waals surface area contributed by atoms with E-state index >= 15 is 0 Å². The van der Waals surface area contributed by atoms with Crippen molar-refractivity contribution in [2.24, 2.45) is 0 Å². The summed E-state index contributed by atoms with van der Waals surface area (Å²) in [6.45, 7) is 16.3. The first-order valence-electron chi connectivity index (χ1n) is 7.22. The Morgan fingerprint density at radius 1 is 1.06 bits per heavy atom. The van der Waals surface area contributed by atoms with Crippen LogP contribution in [0.15, 0.2) is 24.3 Å². The molecule has 0 heterocycles. The van der Waals surface area contributed by atoms with E-state index in [2.05, 4.69) is 69.6 Å². The van der Waals surface area contributed by atoms with Crippen molar-refractivity contribution in [1.29, 1.82) is 0 Å². The molecule has 0 saturated heterocycles. The number of rotatable bonds is 6. The van der Waals surface area contributed by atoms with Gasteiger partial charge in [0.1, 0.15) is 0 Å². The monoisotopic (exact) mass is 263 g/mol. The molecular formula is C16H29NSi. The molecule has 0 amide bonds. The van der Waals surface area contributed by atoms with Gasteiger partial charge in [-0.25, -0.2) is 0 Å². The minimum Gasteiger partial charge on any atom is -0.297 e. The van der Waals surface area contributed by atoms with E-state index in [4.69, 9.17) is 0 Å². The van der Waals surface area contributed by atoms with Crippen molar-refractivity contribution < 1.29 is 0 Å². The lowest BCUT2D eigenvalue weighted by Crippen LogP contribution is -2.37. The van der Waals surface area contributed by atoms with Gasteiger partial charge in [0.15, 0.2) is 0 Å². The van der Waals surface area contributed by atoms with Gasteiger partial charge in [-0.2, -0.15) is 0 Å². The van der Waals surface area contributed by atoms with Gasteiger partial charge in [0, 0.05) is 12.6 Å². The lowest BCUT2D eigenvalue weighted by molar-refractivity contribution is 0.206. The van der Waals surface area contributed by atoms with Gasteiger partial charge in [-0.1, -0.05) is 62.9 Å². The smallest absolute Gasteiger partial charge is 0.0775 e. The van der Waals surface area contributed by atoms with Crippen molar-refractivity contribution in [2.75, 3.05) is 6.54 Å². The third kappa shape index (κ3) is 4.25. The molecule has 0 radical (unpaired) electrons. The SMILES string of the molecule is CCC(C)N(CC)Cc1ccc([Si](C)(C)C)cc1. The summed E-state index contributed by atoms with van der Waals surface area (Å²) in [7, 11) is -1.15. The van der Waals surface area contributed by atoms with E-state index in [1.807, 2.05) is 0 Å². The summed E-state index contributed by atoms with van der Waals surface area (Å²) in [5.41, 5.74) is 1.44. The predicted octanol–water partition coefficient (Wildman–Crippen LogP) is 3.85. The molecule has 1 aromatic rings. The number of benzene rings is 1. The molecule has 1 rings (SSSR count). The molecule has 102 valence electrons. The van der Waals surface area contributed by atoms with Crippen LogP contribution in [0.4, 0.5) is 0 Å². The fraction of sp³-hybridized carbons (Fsp3) is 0.625. The molecular weight excluding hydrogens is 234 g/mol. The summed E-state index contributed by atoms with van der Waals surface area (Å²) in [5, 5.41) is 1.55. The lowest BCUT2D eigenvalue weighted by Gasteiger charge is -2.27. The van der Waals surface area contributed by atoms with Crippen molar-refractivity contribution in [3.05, 3.63) is 29.8 Å². The highest BCUT2D eigenvalue weighted by molar-refractivity contribution is 6.88. The molecule has 1 atom stereocenters. The summed E-state index contributed by atoms with van der Waals surface area (Å²) >= 11 is 0. The molecule has 0 saturated carbocycles. The second-order valence-corrected chi connectivity index (χ2v) is 11.3. The molecule has 0 aliphatic heterocycles. The van der Waals surface area contributed by atoms with Crippen molar-refractivity contribution in [2.45, 2.75) is 59.4 Å². The van der Waals surface area contributed by atoms with E-state index in [1.165, 1.54) is 12.0 Å². The third-order valence-corrected chi connectivity index (χ3v) is 5.89. The number of hydrogen-bond acceptors (Lipinski definition) is 1. The van der Waals surface area contributed by atoms with E-state index in [9.17, 15) is 0 Å². The normalized spacial score (nSPS) is 13.9. The van der Waals surface area contributed by atoms with Crippen LogP contribution in [-0.2, 0) is 6.54 Å². The Bertz CT molecular complexity index is 350. The number of hydrogen-bond donors (Lipinski definition) is 0. The Morgan fingerprint density at radius 3 is 2.00 bits per heavy atom. The molecule has 0 N–H and O–H groups in total. The zero-order chi connectivity index (χ0) is 13.8. The molecule has 0 aliphatic rings. The molecule has 1 nitrogen and oxygen atoms in total. The molecule has 2 heteroatoms. The largest absolute Gasteiger partial charge is 0.297 e. The van der Waals surface area contributed by atoms with Gasteiger partial charge in [-0.15, -0.1) is 0 Å². The molecule has 0 aliphatic carbocycles. The van der Waals surface area contributed by atoms with Crippen LogP contribution in [0.25, 0.3) is 0 Å². The van der Waals surface area contributed by atoms with Crippen molar-refractivity contribution in [3.63, 3.8) is 0 Å². The van der Waals surface area contributed by atoms with Crippen LogP contribution in [-0.4, -0.2) is 25.6 Å². The first-order valence-corrected chi connectivity index (χ1v) is 10.7. The van der Waals surface area contributed by atoms with E-state index in [1.54, 1.807) is 5.19 Å². The standard InChI is InChI=1S/C16H29NSi/c1-7-14(3)17(8-2)13-15-9-11-16(12-10-15)18(4,5)6/h9-12,14H,7-8,13H2,1-6H3. The van der Waals surface area contributed by atoms with E-state index < -0.39 is 8.07 Å². The quantitative estimate of drug-likeness (QED) is 0.705.